The molecule has 6 heteroatoms. The summed E-state index contributed by atoms with van der Waals surface area (Å²) >= 11 is 0. The number of aryl methyl sites for hydroxylation is 1. The summed E-state index contributed by atoms with van der Waals surface area (Å²) in [4.78, 5) is 11.3. The Morgan fingerprint density at radius 3 is 2.48 bits per heavy atom. The van der Waals surface area contributed by atoms with Gasteiger partial charge in [-0.2, -0.15) is 0 Å². The maximum atomic E-state index is 5.35. The lowest BCUT2D eigenvalue weighted by molar-refractivity contribution is 0.0378. The largest absolute Gasteiger partial charge is 0.379 e. The average Bonchev–Trinajstić information content (AvgIpc) is 2.50. The van der Waals surface area contributed by atoms with Gasteiger partial charge in [0.2, 0.25) is 0 Å². The van der Waals surface area contributed by atoms with Crippen molar-refractivity contribution in [1.82, 2.24) is 14.9 Å². The lowest BCUT2D eigenvalue weighted by atomic mass is 10.3. The fourth-order valence-electron chi connectivity index (χ4n) is 2.35. The first-order valence-electron chi connectivity index (χ1n) is 7.91. The highest BCUT2D eigenvalue weighted by Gasteiger charge is 2.09. The van der Waals surface area contributed by atoms with Gasteiger partial charge < -0.3 is 15.4 Å². The Morgan fingerprint density at radius 2 is 1.81 bits per heavy atom. The zero-order chi connectivity index (χ0) is 14.9. The number of ether oxygens (including phenoxy) is 1. The molecule has 1 saturated heterocycles. The first kappa shape index (κ1) is 16.0. The molecule has 0 spiro atoms. The van der Waals surface area contributed by atoms with Crippen LogP contribution in [0.5, 0.6) is 0 Å². The fourth-order valence-corrected chi connectivity index (χ4v) is 2.35. The van der Waals surface area contributed by atoms with Crippen LogP contribution < -0.4 is 10.6 Å². The average molecular weight is 293 g/mol. The van der Waals surface area contributed by atoms with Crippen molar-refractivity contribution >= 4 is 11.6 Å². The number of hydrogen-bond acceptors (Lipinski definition) is 6. The zero-order valence-electron chi connectivity index (χ0n) is 13.2. The summed E-state index contributed by atoms with van der Waals surface area (Å²) in [6.07, 6.45) is 2.20. The normalized spacial score (nSPS) is 15.9. The van der Waals surface area contributed by atoms with Crippen LogP contribution in [-0.2, 0) is 4.74 Å². The summed E-state index contributed by atoms with van der Waals surface area (Å²) in [5.74, 6) is 2.61. The molecule has 2 heterocycles. The van der Waals surface area contributed by atoms with Crippen molar-refractivity contribution < 1.29 is 4.74 Å². The number of anilines is 2. The van der Waals surface area contributed by atoms with Crippen LogP contribution in [0.4, 0.5) is 11.6 Å². The second-order valence-electron chi connectivity index (χ2n) is 5.35. The van der Waals surface area contributed by atoms with E-state index in [4.69, 9.17) is 4.74 Å². The summed E-state index contributed by atoms with van der Waals surface area (Å²) in [5.41, 5.74) is 0. The Bertz CT molecular complexity index is 421. The predicted octanol–water partition coefficient (Wildman–Crippen LogP) is 1.74. The minimum Gasteiger partial charge on any atom is -0.379 e. The molecule has 1 aliphatic rings. The van der Waals surface area contributed by atoms with Gasteiger partial charge in [-0.1, -0.05) is 6.92 Å². The van der Waals surface area contributed by atoms with Crippen molar-refractivity contribution in [3.8, 4) is 0 Å². The van der Waals surface area contributed by atoms with Crippen molar-refractivity contribution in [2.75, 3.05) is 56.6 Å². The molecule has 1 fully saturated rings. The third kappa shape index (κ3) is 5.85. The van der Waals surface area contributed by atoms with Crippen LogP contribution in [0.15, 0.2) is 6.07 Å². The van der Waals surface area contributed by atoms with Gasteiger partial charge in [0.05, 0.1) is 13.2 Å². The molecule has 21 heavy (non-hydrogen) atoms. The predicted molar refractivity (Wildman–Crippen MR) is 85.9 cm³/mol. The van der Waals surface area contributed by atoms with E-state index in [0.717, 1.165) is 76.2 Å². The fraction of sp³-hybridized carbons (Fsp3) is 0.733. The minimum absolute atomic E-state index is 0.798. The SMILES string of the molecule is CCCNc1cc(NCCCN2CCOCC2)nc(C)n1. The van der Waals surface area contributed by atoms with Gasteiger partial charge in [-0.05, 0) is 26.3 Å². The van der Waals surface area contributed by atoms with Crippen LogP contribution in [0.2, 0.25) is 0 Å². The highest BCUT2D eigenvalue weighted by Crippen LogP contribution is 2.11. The van der Waals surface area contributed by atoms with Crippen LogP contribution in [0.3, 0.4) is 0 Å². The Kier molecular flexibility index (Phi) is 6.69. The van der Waals surface area contributed by atoms with Crippen LogP contribution in [0, 0.1) is 6.92 Å². The van der Waals surface area contributed by atoms with Gasteiger partial charge in [0.1, 0.15) is 17.5 Å². The number of rotatable bonds is 8. The molecule has 6 nitrogen and oxygen atoms in total. The van der Waals surface area contributed by atoms with E-state index in [9.17, 15) is 0 Å². The number of nitrogens with one attached hydrogen (secondary N) is 2. The second kappa shape index (κ2) is 8.79. The van der Waals surface area contributed by atoms with Crippen molar-refractivity contribution in [2.45, 2.75) is 26.7 Å². The van der Waals surface area contributed by atoms with Crippen molar-refractivity contribution in [2.24, 2.45) is 0 Å². The van der Waals surface area contributed by atoms with Crippen molar-refractivity contribution in [1.29, 1.82) is 0 Å². The molecule has 0 saturated carbocycles. The molecule has 0 unspecified atom stereocenters. The first-order valence-corrected chi connectivity index (χ1v) is 7.91. The topological polar surface area (TPSA) is 62.3 Å². The number of hydrogen-bond donors (Lipinski definition) is 2. The minimum atomic E-state index is 0.798. The second-order valence-corrected chi connectivity index (χ2v) is 5.35. The van der Waals surface area contributed by atoms with E-state index >= 15 is 0 Å². The molecule has 2 rings (SSSR count). The van der Waals surface area contributed by atoms with E-state index in [1.54, 1.807) is 0 Å². The molecule has 0 amide bonds. The lowest BCUT2D eigenvalue weighted by Crippen LogP contribution is -2.37. The molecule has 0 bridgehead atoms. The molecule has 2 N–H and O–H groups in total. The van der Waals surface area contributed by atoms with Gasteiger partial charge in [0.25, 0.3) is 0 Å². The highest BCUT2D eigenvalue weighted by atomic mass is 16.5. The summed E-state index contributed by atoms with van der Waals surface area (Å²) in [6.45, 7) is 10.9. The first-order chi connectivity index (χ1) is 10.3. The highest BCUT2D eigenvalue weighted by molar-refractivity contribution is 5.47. The third-order valence-electron chi connectivity index (χ3n) is 3.46. The molecule has 0 radical (unpaired) electrons. The quantitative estimate of drug-likeness (QED) is 0.712. The number of aromatic nitrogens is 2. The molecular weight excluding hydrogens is 266 g/mol. The molecule has 1 aliphatic heterocycles. The Morgan fingerprint density at radius 1 is 1.14 bits per heavy atom. The molecule has 0 aromatic carbocycles. The Hall–Kier alpha value is -1.40. The molecule has 118 valence electrons. The van der Waals surface area contributed by atoms with Gasteiger partial charge >= 0.3 is 0 Å². The van der Waals surface area contributed by atoms with Crippen LogP contribution >= 0.6 is 0 Å². The van der Waals surface area contributed by atoms with Gasteiger partial charge in [0, 0.05) is 32.2 Å². The van der Waals surface area contributed by atoms with E-state index in [2.05, 4.69) is 32.4 Å². The summed E-state index contributed by atoms with van der Waals surface area (Å²) < 4.78 is 5.35. The van der Waals surface area contributed by atoms with E-state index in [0.29, 0.717) is 0 Å². The maximum absolute atomic E-state index is 5.35. The van der Waals surface area contributed by atoms with Gasteiger partial charge in [-0.3, -0.25) is 4.90 Å². The van der Waals surface area contributed by atoms with Crippen LogP contribution in [0.1, 0.15) is 25.6 Å². The molecule has 0 atom stereocenters. The number of morpholine rings is 1. The van der Waals surface area contributed by atoms with E-state index in [-0.39, 0.29) is 0 Å². The zero-order valence-corrected chi connectivity index (χ0v) is 13.2. The van der Waals surface area contributed by atoms with Gasteiger partial charge in [-0.25, -0.2) is 9.97 Å². The Balaban J connectivity index is 1.72. The third-order valence-corrected chi connectivity index (χ3v) is 3.46. The summed E-state index contributed by atoms with van der Waals surface area (Å²) in [7, 11) is 0. The molecular formula is C15H27N5O. The van der Waals surface area contributed by atoms with Gasteiger partial charge in [0.15, 0.2) is 0 Å². The molecule has 0 aliphatic carbocycles. The summed E-state index contributed by atoms with van der Waals surface area (Å²) in [5, 5.41) is 6.70. The molecule has 1 aromatic rings. The van der Waals surface area contributed by atoms with Crippen LogP contribution in [0.25, 0.3) is 0 Å². The van der Waals surface area contributed by atoms with E-state index in [1.807, 2.05) is 13.0 Å². The monoisotopic (exact) mass is 293 g/mol. The number of nitrogens with zero attached hydrogens (tertiary/aromatic N) is 3. The van der Waals surface area contributed by atoms with E-state index < -0.39 is 0 Å². The molecule has 1 aromatic heterocycles. The van der Waals surface area contributed by atoms with E-state index in [1.165, 1.54) is 0 Å². The lowest BCUT2D eigenvalue weighted by Gasteiger charge is -2.26. The summed E-state index contributed by atoms with van der Waals surface area (Å²) in [6, 6.07) is 1.98. The van der Waals surface area contributed by atoms with Crippen molar-refractivity contribution in [3.05, 3.63) is 11.9 Å². The Labute approximate surface area is 127 Å². The maximum Gasteiger partial charge on any atom is 0.131 e. The smallest absolute Gasteiger partial charge is 0.131 e. The van der Waals surface area contributed by atoms with Crippen molar-refractivity contribution in [3.63, 3.8) is 0 Å². The standard InChI is InChI=1S/C15H27N5O/c1-3-5-16-14-12-15(19-13(2)18-14)17-6-4-7-20-8-10-21-11-9-20/h12H,3-11H2,1-2H3,(H2,16,17,18,19). The van der Waals surface area contributed by atoms with Gasteiger partial charge in [-0.15, -0.1) is 0 Å². The van der Waals surface area contributed by atoms with Crippen LogP contribution in [-0.4, -0.2) is 60.8 Å².